The highest BCUT2D eigenvalue weighted by Crippen LogP contribution is 2.17. The minimum atomic E-state index is -3.87. The van der Waals surface area contributed by atoms with Gasteiger partial charge in [-0.05, 0) is 30.5 Å². The van der Waals surface area contributed by atoms with Crippen LogP contribution < -0.4 is 5.14 Å². The maximum Gasteiger partial charge on any atom is 0.338 e. The highest BCUT2D eigenvalue weighted by atomic mass is 32.2. The fourth-order valence-electron chi connectivity index (χ4n) is 1.76. The summed E-state index contributed by atoms with van der Waals surface area (Å²) in [6.07, 6.45) is 1.40. The van der Waals surface area contributed by atoms with Crippen molar-refractivity contribution < 1.29 is 22.7 Å². The number of nitrogens with two attached hydrogens (primary N) is 1. The Kier molecular flexibility index (Phi) is 6.80. The van der Waals surface area contributed by atoms with Crippen LogP contribution in [-0.4, -0.2) is 34.2 Å². The molecule has 0 aliphatic heterocycles. The summed E-state index contributed by atoms with van der Waals surface area (Å²) in [5.74, 6) is -0.595. The molecule has 6 nitrogen and oxygen atoms in total. The van der Waals surface area contributed by atoms with Crippen molar-refractivity contribution in [3.8, 4) is 0 Å². The second-order valence-corrected chi connectivity index (χ2v) is 6.00. The molecule has 0 heterocycles. The fraction of sp³-hybridized carbons (Fsp3) is 0.500. The molecule has 0 fully saturated rings. The lowest BCUT2D eigenvalue weighted by molar-refractivity contribution is 0.0318. The van der Waals surface area contributed by atoms with Gasteiger partial charge in [0.2, 0.25) is 10.0 Å². The van der Waals surface area contributed by atoms with Crippen LogP contribution in [0.15, 0.2) is 23.1 Å². The summed E-state index contributed by atoms with van der Waals surface area (Å²) in [4.78, 5) is 11.8. The summed E-state index contributed by atoms with van der Waals surface area (Å²) >= 11 is 0. The molecule has 118 valence electrons. The Morgan fingerprint density at radius 3 is 2.48 bits per heavy atom. The Hall–Kier alpha value is -1.44. The average Bonchev–Trinajstić information content (AvgIpc) is 2.45. The number of hydrogen-bond acceptors (Lipinski definition) is 5. The lowest BCUT2D eigenvalue weighted by Gasteiger charge is -2.09. The molecule has 0 aromatic heterocycles. The van der Waals surface area contributed by atoms with Gasteiger partial charge in [-0.25, -0.2) is 18.4 Å². The van der Waals surface area contributed by atoms with Gasteiger partial charge < -0.3 is 9.47 Å². The molecule has 2 N–H and O–H groups in total. The molecule has 0 spiro atoms. The minimum Gasteiger partial charge on any atom is -0.460 e. The van der Waals surface area contributed by atoms with E-state index < -0.39 is 16.0 Å². The molecule has 1 rings (SSSR count). The molecule has 0 atom stereocenters. The van der Waals surface area contributed by atoms with Crippen molar-refractivity contribution in [2.75, 3.05) is 19.8 Å². The molecule has 0 saturated carbocycles. The monoisotopic (exact) mass is 315 g/mol. The third-order valence-corrected chi connectivity index (χ3v) is 3.79. The molecule has 0 saturated heterocycles. The number of carbonyl (C=O) groups is 1. The number of ether oxygens (including phenoxy) is 2. The number of hydrogen-bond donors (Lipinski definition) is 1. The molecule has 0 unspecified atom stereocenters. The van der Waals surface area contributed by atoms with Gasteiger partial charge in [-0.1, -0.05) is 19.9 Å². The highest BCUT2D eigenvalue weighted by molar-refractivity contribution is 7.89. The van der Waals surface area contributed by atoms with Gasteiger partial charge in [0.05, 0.1) is 17.1 Å². The molecular formula is C14H21NO5S. The smallest absolute Gasteiger partial charge is 0.338 e. The SMILES string of the molecule is CCCOCCOC(=O)c1ccc(CC)c(S(N)(=O)=O)c1. The van der Waals surface area contributed by atoms with E-state index >= 15 is 0 Å². The van der Waals surface area contributed by atoms with E-state index in [4.69, 9.17) is 14.6 Å². The Morgan fingerprint density at radius 1 is 1.19 bits per heavy atom. The topological polar surface area (TPSA) is 95.7 Å². The zero-order valence-corrected chi connectivity index (χ0v) is 13.1. The van der Waals surface area contributed by atoms with E-state index in [1.54, 1.807) is 6.07 Å². The van der Waals surface area contributed by atoms with E-state index in [2.05, 4.69) is 0 Å². The van der Waals surface area contributed by atoms with Crippen LogP contribution in [0, 0.1) is 0 Å². The third-order valence-electron chi connectivity index (χ3n) is 2.80. The molecule has 1 aromatic rings. The van der Waals surface area contributed by atoms with Crippen molar-refractivity contribution in [3.63, 3.8) is 0 Å². The molecule has 21 heavy (non-hydrogen) atoms. The van der Waals surface area contributed by atoms with E-state index in [9.17, 15) is 13.2 Å². The summed E-state index contributed by atoms with van der Waals surface area (Å²) in [7, 11) is -3.87. The zero-order chi connectivity index (χ0) is 15.9. The van der Waals surface area contributed by atoms with E-state index in [0.29, 0.717) is 25.2 Å². The van der Waals surface area contributed by atoms with Gasteiger partial charge in [-0.2, -0.15) is 0 Å². The summed E-state index contributed by atoms with van der Waals surface area (Å²) in [6, 6.07) is 4.36. The summed E-state index contributed by atoms with van der Waals surface area (Å²) in [5, 5.41) is 5.16. The van der Waals surface area contributed by atoms with Crippen molar-refractivity contribution in [3.05, 3.63) is 29.3 Å². The summed E-state index contributed by atoms with van der Waals surface area (Å²) in [6.45, 7) is 4.84. The molecule has 0 aliphatic carbocycles. The predicted octanol–water partition coefficient (Wildman–Crippen LogP) is 1.48. The van der Waals surface area contributed by atoms with Crippen molar-refractivity contribution in [2.45, 2.75) is 31.6 Å². The molecule has 0 amide bonds. The van der Waals surface area contributed by atoms with Gasteiger partial charge in [0.25, 0.3) is 0 Å². The quantitative estimate of drug-likeness (QED) is 0.579. The average molecular weight is 315 g/mol. The van der Waals surface area contributed by atoms with Crippen molar-refractivity contribution in [1.29, 1.82) is 0 Å². The first-order valence-electron chi connectivity index (χ1n) is 6.80. The second-order valence-electron chi connectivity index (χ2n) is 4.47. The number of sulfonamides is 1. The van der Waals surface area contributed by atoms with E-state index in [-0.39, 0.29) is 17.1 Å². The third kappa shape index (κ3) is 5.45. The Morgan fingerprint density at radius 2 is 1.90 bits per heavy atom. The van der Waals surface area contributed by atoms with E-state index in [1.807, 2.05) is 13.8 Å². The highest BCUT2D eigenvalue weighted by Gasteiger charge is 2.17. The molecule has 0 aliphatic rings. The Labute approximate surface area is 125 Å². The van der Waals surface area contributed by atoms with Crippen LogP contribution in [0.25, 0.3) is 0 Å². The predicted molar refractivity (Wildman–Crippen MR) is 78.6 cm³/mol. The van der Waals surface area contributed by atoms with Crippen molar-refractivity contribution >= 4 is 16.0 Å². The minimum absolute atomic E-state index is 0.0401. The van der Waals surface area contributed by atoms with Gasteiger partial charge in [-0.15, -0.1) is 0 Å². The summed E-state index contributed by atoms with van der Waals surface area (Å²) < 4.78 is 33.3. The number of esters is 1. The zero-order valence-electron chi connectivity index (χ0n) is 12.3. The standard InChI is InChI=1S/C14H21NO5S/c1-3-7-19-8-9-20-14(16)12-6-5-11(4-2)13(10-12)21(15,17)18/h5-6,10H,3-4,7-9H2,1-2H3,(H2,15,17,18). The van der Waals surface area contributed by atoms with Crippen LogP contribution in [0.4, 0.5) is 0 Å². The summed E-state index contributed by atoms with van der Waals surface area (Å²) in [5.41, 5.74) is 0.729. The van der Waals surface area contributed by atoms with Gasteiger partial charge in [0.15, 0.2) is 0 Å². The number of aryl methyl sites for hydroxylation is 1. The van der Waals surface area contributed by atoms with Crippen molar-refractivity contribution in [2.24, 2.45) is 5.14 Å². The molecular weight excluding hydrogens is 294 g/mol. The van der Waals surface area contributed by atoms with Crippen molar-refractivity contribution in [1.82, 2.24) is 0 Å². The van der Waals surface area contributed by atoms with Crippen LogP contribution in [0.2, 0.25) is 0 Å². The fourth-order valence-corrected chi connectivity index (χ4v) is 2.63. The lowest BCUT2D eigenvalue weighted by Crippen LogP contribution is -2.16. The molecule has 0 bridgehead atoms. The van der Waals surface area contributed by atoms with E-state index in [1.165, 1.54) is 12.1 Å². The second kappa shape index (κ2) is 8.11. The van der Waals surface area contributed by atoms with Crippen LogP contribution >= 0.6 is 0 Å². The Balaban J connectivity index is 2.77. The Bertz CT molecular complexity index is 583. The lowest BCUT2D eigenvalue weighted by atomic mass is 10.1. The van der Waals surface area contributed by atoms with Crippen LogP contribution in [0.5, 0.6) is 0 Å². The molecule has 7 heteroatoms. The van der Waals surface area contributed by atoms with Gasteiger partial charge >= 0.3 is 5.97 Å². The largest absolute Gasteiger partial charge is 0.460 e. The van der Waals surface area contributed by atoms with Crippen LogP contribution in [-0.2, 0) is 25.9 Å². The normalized spacial score (nSPS) is 11.4. The first-order valence-corrected chi connectivity index (χ1v) is 8.35. The van der Waals surface area contributed by atoms with Crippen LogP contribution in [0.1, 0.15) is 36.2 Å². The van der Waals surface area contributed by atoms with Gasteiger partial charge in [0.1, 0.15) is 6.61 Å². The molecule has 1 aromatic carbocycles. The number of benzene rings is 1. The number of carbonyl (C=O) groups excluding carboxylic acids is 1. The first kappa shape index (κ1) is 17.6. The maximum atomic E-state index is 11.8. The van der Waals surface area contributed by atoms with Gasteiger partial charge in [0, 0.05) is 6.61 Å². The number of rotatable bonds is 8. The van der Waals surface area contributed by atoms with Gasteiger partial charge in [-0.3, -0.25) is 0 Å². The van der Waals surface area contributed by atoms with E-state index in [0.717, 1.165) is 6.42 Å². The van der Waals surface area contributed by atoms with Crippen LogP contribution in [0.3, 0.4) is 0 Å². The number of primary sulfonamides is 1. The maximum absolute atomic E-state index is 11.8. The first-order chi connectivity index (χ1) is 9.90. The molecule has 0 radical (unpaired) electrons.